The fourth-order valence-electron chi connectivity index (χ4n) is 1.53. The van der Waals surface area contributed by atoms with E-state index in [0.29, 0.717) is 0 Å². The van der Waals surface area contributed by atoms with Crippen molar-refractivity contribution in [2.75, 3.05) is 24.3 Å². The Balaban J connectivity index is 2.21. The molecule has 0 aliphatic carbocycles. The van der Waals surface area contributed by atoms with Gasteiger partial charge in [0.25, 0.3) is 0 Å². The van der Waals surface area contributed by atoms with Crippen LogP contribution in [0.2, 0.25) is 5.28 Å². The number of rotatable bonds is 3. The van der Waals surface area contributed by atoms with Crippen LogP contribution in [-0.2, 0) is 0 Å². The van der Waals surface area contributed by atoms with Gasteiger partial charge in [-0.1, -0.05) is 0 Å². The minimum Gasteiger partial charge on any atom is -0.378 e. The number of nitrogens with one attached hydrogen (secondary N) is 1. The fraction of sp³-hybridized carbons (Fsp3) is 0.231. The summed E-state index contributed by atoms with van der Waals surface area (Å²) in [5.74, 6) is 0.729. The molecule has 5 heteroatoms. The quantitative estimate of drug-likeness (QED) is 0.862. The molecule has 1 aromatic carbocycles. The van der Waals surface area contributed by atoms with Crippen LogP contribution in [-0.4, -0.2) is 24.1 Å². The van der Waals surface area contributed by atoms with Crippen LogP contribution in [0.25, 0.3) is 0 Å². The molecule has 18 heavy (non-hydrogen) atoms. The van der Waals surface area contributed by atoms with E-state index in [1.807, 2.05) is 45.3 Å². The molecule has 0 atom stereocenters. The average Bonchev–Trinajstić information content (AvgIpc) is 2.34. The molecular formula is C13H15ClN4. The first kappa shape index (κ1) is 12.6. The summed E-state index contributed by atoms with van der Waals surface area (Å²) in [5, 5.41) is 3.47. The van der Waals surface area contributed by atoms with Gasteiger partial charge in [-0.05, 0) is 42.8 Å². The predicted octanol–water partition coefficient (Wildman–Crippen LogP) is 3.25. The third-order valence-corrected chi connectivity index (χ3v) is 2.77. The van der Waals surface area contributed by atoms with Gasteiger partial charge in [0.2, 0.25) is 5.28 Å². The molecule has 2 rings (SSSR count). The number of aryl methyl sites for hydroxylation is 1. The summed E-state index contributed by atoms with van der Waals surface area (Å²) in [5.41, 5.74) is 3.08. The van der Waals surface area contributed by atoms with E-state index in [1.54, 1.807) is 6.20 Å². The van der Waals surface area contributed by atoms with Gasteiger partial charge in [-0.3, -0.25) is 0 Å². The summed E-state index contributed by atoms with van der Waals surface area (Å²) in [6, 6.07) is 8.09. The highest BCUT2D eigenvalue weighted by molar-refractivity contribution is 6.28. The van der Waals surface area contributed by atoms with E-state index in [2.05, 4.69) is 20.2 Å². The van der Waals surface area contributed by atoms with Crippen molar-refractivity contribution < 1.29 is 0 Å². The van der Waals surface area contributed by atoms with Crippen molar-refractivity contribution in [2.24, 2.45) is 0 Å². The molecule has 1 N–H and O–H groups in total. The first-order chi connectivity index (χ1) is 8.56. The van der Waals surface area contributed by atoms with Gasteiger partial charge in [-0.25, -0.2) is 9.97 Å². The van der Waals surface area contributed by atoms with E-state index in [-0.39, 0.29) is 5.28 Å². The third-order valence-electron chi connectivity index (χ3n) is 2.59. The summed E-state index contributed by atoms with van der Waals surface area (Å²) < 4.78 is 0. The van der Waals surface area contributed by atoms with Crippen molar-refractivity contribution in [1.29, 1.82) is 0 Å². The van der Waals surface area contributed by atoms with Crippen LogP contribution in [0.1, 0.15) is 5.56 Å². The Kier molecular flexibility index (Phi) is 3.67. The smallest absolute Gasteiger partial charge is 0.224 e. The minimum absolute atomic E-state index is 0.244. The molecule has 0 unspecified atom stereocenters. The Morgan fingerprint density at radius 2 is 1.83 bits per heavy atom. The van der Waals surface area contributed by atoms with Gasteiger partial charge in [-0.15, -0.1) is 0 Å². The van der Waals surface area contributed by atoms with E-state index in [4.69, 9.17) is 11.6 Å². The maximum atomic E-state index is 5.78. The van der Waals surface area contributed by atoms with Crippen LogP contribution < -0.4 is 10.2 Å². The van der Waals surface area contributed by atoms with Crippen LogP contribution in [0.15, 0.2) is 30.5 Å². The molecule has 0 radical (unpaired) electrons. The van der Waals surface area contributed by atoms with Crippen molar-refractivity contribution in [3.8, 4) is 0 Å². The molecule has 1 aromatic heterocycles. The normalized spacial score (nSPS) is 10.2. The Bertz CT molecular complexity index is 537. The molecule has 0 spiro atoms. The number of benzene rings is 1. The second kappa shape index (κ2) is 5.23. The van der Waals surface area contributed by atoms with Crippen LogP contribution in [0.3, 0.4) is 0 Å². The Hall–Kier alpha value is -1.81. The maximum Gasteiger partial charge on any atom is 0.224 e. The monoisotopic (exact) mass is 262 g/mol. The average molecular weight is 263 g/mol. The molecule has 0 fully saturated rings. The lowest BCUT2D eigenvalue weighted by Crippen LogP contribution is -2.08. The number of anilines is 3. The molecule has 4 nitrogen and oxygen atoms in total. The van der Waals surface area contributed by atoms with Gasteiger partial charge in [0, 0.05) is 37.2 Å². The van der Waals surface area contributed by atoms with E-state index in [9.17, 15) is 0 Å². The summed E-state index contributed by atoms with van der Waals surface area (Å²) in [4.78, 5) is 10.1. The molecule has 94 valence electrons. The lowest BCUT2D eigenvalue weighted by molar-refractivity contribution is 1.12. The highest BCUT2D eigenvalue weighted by atomic mass is 35.5. The molecular weight excluding hydrogens is 248 g/mol. The van der Waals surface area contributed by atoms with Crippen molar-refractivity contribution in [1.82, 2.24) is 9.97 Å². The van der Waals surface area contributed by atoms with Crippen molar-refractivity contribution in [3.63, 3.8) is 0 Å². The lowest BCUT2D eigenvalue weighted by Gasteiger charge is -2.13. The summed E-state index contributed by atoms with van der Waals surface area (Å²) in [6.45, 7) is 1.94. The second-order valence-corrected chi connectivity index (χ2v) is 4.58. The van der Waals surface area contributed by atoms with Gasteiger partial charge < -0.3 is 10.2 Å². The highest BCUT2D eigenvalue weighted by Crippen LogP contribution is 2.21. The largest absolute Gasteiger partial charge is 0.378 e. The zero-order chi connectivity index (χ0) is 13.1. The third kappa shape index (κ3) is 2.90. The van der Waals surface area contributed by atoms with Crippen molar-refractivity contribution in [3.05, 3.63) is 41.3 Å². The first-order valence-corrected chi connectivity index (χ1v) is 5.97. The second-order valence-electron chi connectivity index (χ2n) is 4.24. The van der Waals surface area contributed by atoms with Crippen molar-refractivity contribution in [2.45, 2.75) is 6.92 Å². The molecule has 0 aliphatic rings. The van der Waals surface area contributed by atoms with E-state index in [1.165, 1.54) is 0 Å². The number of hydrogen-bond donors (Lipinski definition) is 1. The van der Waals surface area contributed by atoms with Crippen LogP contribution in [0.5, 0.6) is 0 Å². The van der Waals surface area contributed by atoms with Crippen LogP contribution in [0, 0.1) is 6.92 Å². The van der Waals surface area contributed by atoms with Gasteiger partial charge in [-0.2, -0.15) is 0 Å². The first-order valence-electron chi connectivity index (χ1n) is 5.60. The maximum absolute atomic E-state index is 5.78. The molecule has 0 saturated heterocycles. The number of halogens is 1. The SMILES string of the molecule is Cc1cnc(Cl)nc1Nc1ccc(N(C)C)cc1. The zero-order valence-corrected chi connectivity index (χ0v) is 11.4. The molecule has 0 aliphatic heterocycles. The van der Waals surface area contributed by atoms with Gasteiger partial charge in [0.15, 0.2) is 0 Å². The highest BCUT2D eigenvalue weighted by Gasteiger charge is 2.03. The molecule has 1 heterocycles. The Morgan fingerprint density at radius 1 is 1.17 bits per heavy atom. The summed E-state index contributed by atoms with van der Waals surface area (Å²) in [6.07, 6.45) is 1.70. The zero-order valence-electron chi connectivity index (χ0n) is 10.6. The number of aromatic nitrogens is 2. The topological polar surface area (TPSA) is 41.1 Å². The van der Waals surface area contributed by atoms with Gasteiger partial charge in [0.1, 0.15) is 5.82 Å². The minimum atomic E-state index is 0.244. The van der Waals surface area contributed by atoms with Crippen LogP contribution >= 0.6 is 11.6 Å². The van der Waals surface area contributed by atoms with Crippen LogP contribution in [0.4, 0.5) is 17.2 Å². The Morgan fingerprint density at radius 3 is 2.44 bits per heavy atom. The summed E-state index contributed by atoms with van der Waals surface area (Å²) >= 11 is 5.78. The van der Waals surface area contributed by atoms with E-state index >= 15 is 0 Å². The van der Waals surface area contributed by atoms with Gasteiger partial charge in [0.05, 0.1) is 0 Å². The molecule has 0 saturated carbocycles. The fourth-order valence-corrected chi connectivity index (χ4v) is 1.66. The predicted molar refractivity (Wildman–Crippen MR) is 75.8 cm³/mol. The summed E-state index contributed by atoms with van der Waals surface area (Å²) in [7, 11) is 4.02. The van der Waals surface area contributed by atoms with Gasteiger partial charge >= 0.3 is 0 Å². The Labute approximate surface area is 112 Å². The molecule has 2 aromatic rings. The molecule has 0 bridgehead atoms. The standard InChI is InChI=1S/C13H15ClN4/c1-9-8-15-13(14)17-12(9)16-10-4-6-11(7-5-10)18(2)3/h4-8H,1-3H3,(H,15,16,17). The van der Waals surface area contributed by atoms with E-state index in [0.717, 1.165) is 22.8 Å². The van der Waals surface area contributed by atoms with Crippen molar-refractivity contribution >= 4 is 28.8 Å². The van der Waals surface area contributed by atoms with E-state index < -0.39 is 0 Å². The molecule has 0 amide bonds. The lowest BCUT2D eigenvalue weighted by atomic mass is 10.2. The number of hydrogen-bond acceptors (Lipinski definition) is 4. The number of nitrogens with zero attached hydrogens (tertiary/aromatic N) is 3.